The molecule has 2 N–H and O–H groups in total. The number of aromatic nitrogens is 2. The Labute approximate surface area is 156 Å². The van der Waals surface area contributed by atoms with Crippen molar-refractivity contribution in [1.82, 2.24) is 14.9 Å². The zero-order valence-corrected chi connectivity index (χ0v) is 15.0. The summed E-state index contributed by atoms with van der Waals surface area (Å²) in [5.74, 6) is 0.567. The van der Waals surface area contributed by atoms with E-state index in [0.29, 0.717) is 24.4 Å². The molecule has 0 atom stereocenters. The highest BCUT2D eigenvalue weighted by molar-refractivity contribution is 5.89. The Balaban J connectivity index is 1.55. The lowest BCUT2D eigenvalue weighted by atomic mass is 10.1. The number of hydrogen-bond acceptors (Lipinski definition) is 3. The van der Waals surface area contributed by atoms with E-state index in [1.807, 2.05) is 61.5 Å². The Morgan fingerprint density at radius 3 is 2.74 bits per heavy atom. The maximum atomic E-state index is 12.6. The highest BCUT2D eigenvalue weighted by atomic mass is 16.2. The van der Waals surface area contributed by atoms with E-state index in [9.17, 15) is 9.59 Å². The molecule has 6 heteroatoms. The molecule has 2 aromatic carbocycles. The van der Waals surface area contributed by atoms with E-state index in [-0.39, 0.29) is 18.1 Å². The van der Waals surface area contributed by atoms with Crippen molar-refractivity contribution < 1.29 is 4.79 Å². The van der Waals surface area contributed by atoms with Gasteiger partial charge in [-0.3, -0.25) is 4.79 Å². The van der Waals surface area contributed by atoms with Gasteiger partial charge in [-0.2, -0.15) is 0 Å². The van der Waals surface area contributed by atoms with Crippen molar-refractivity contribution in [3.8, 4) is 11.4 Å². The van der Waals surface area contributed by atoms with Gasteiger partial charge in [-0.15, -0.1) is 0 Å². The SMILES string of the molecule is Cc1cccc(NC(=O)N2CCc3nc(-c4ccccc4)[nH]c(=O)c3C2)c1. The maximum Gasteiger partial charge on any atom is 0.322 e. The molecule has 27 heavy (non-hydrogen) atoms. The van der Waals surface area contributed by atoms with Crippen molar-refractivity contribution in [2.24, 2.45) is 0 Å². The van der Waals surface area contributed by atoms with Crippen LogP contribution in [-0.4, -0.2) is 27.4 Å². The minimum atomic E-state index is -0.210. The maximum absolute atomic E-state index is 12.6. The summed E-state index contributed by atoms with van der Waals surface area (Å²) in [5.41, 5.74) is 3.82. The summed E-state index contributed by atoms with van der Waals surface area (Å²) in [4.78, 5) is 34.3. The van der Waals surface area contributed by atoms with Crippen LogP contribution in [0.5, 0.6) is 0 Å². The van der Waals surface area contributed by atoms with Crippen LogP contribution >= 0.6 is 0 Å². The molecular weight excluding hydrogens is 340 g/mol. The van der Waals surface area contributed by atoms with Crippen molar-refractivity contribution in [1.29, 1.82) is 0 Å². The monoisotopic (exact) mass is 360 g/mol. The van der Waals surface area contributed by atoms with Gasteiger partial charge >= 0.3 is 6.03 Å². The molecule has 3 aromatic rings. The summed E-state index contributed by atoms with van der Waals surface area (Å²) in [6, 6.07) is 17.0. The van der Waals surface area contributed by atoms with E-state index < -0.39 is 0 Å². The summed E-state index contributed by atoms with van der Waals surface area (Å²) in [7, 11) is 0. The Morgan fingerprint density at radius 1 is 1.15 bits per heavy atom. The molecule has 1 aliphatic rings. The molecule has 0 radical (unpaired) electrons. The van der Waals surface area contributed by atoms with Crippen molar-refractivity contribution in [3.63, 3.8) is 0 Å². The first-order valence-electron chi connectivity index (χ1n) is 8.90. The molecule has 0 aliphatic carbocycles. The lowest BCUT2D eigenvalue weighted by Gasteiger charge is -2.28. The van der Waals surface area contributed by atoms with Crippen LogP contribution in [0, 0.1) is 6.92 Å². The smallest absolute Gasteiger partial charge is 0.320 e. The number of aromatic amines is 1. The Bertz CT molecular complexity index is 1040. The zero-order valence-electron chi connectivity index (χ0n) is 15.0. The third-order valence-electron chi connectivity index (χ3n) is 4.67. The van der Waals surface area contributed by atoms with Gasteiger partial charge in [-0.05, 0) is 24.6 Å². The number of urea groups is 1. The van der Waals surface area contributed by atoms with Gasteiger partial charge in [0, 0.05) is 24.2 Å². The highest BCUT2D eigenvalue weighted by Crippen LogP contribution is 2.19. The fourth-order valence-electron chi connectivity index (χ4n) is 3.26. The van der Waals surface area contributed by atoms with Gasteiger partial charge in [0.2, 0.25) is 0 Å². The van der Waals surface area contributed by atoms with Crippen LogP contribution < -0.4 is 10.9 Å². The molecule has 1 aliphatic heterocycles. The number of benzene rings is 2. The van der Waals surface area contributed by atoms with Crippen molar-refractivity contribution in [2.75, 3.05) is 11.9 Å². The number of hydrogen-bond donors (Lipinski definition) is 2. The minimum absolute atomic E-state index is 0.188. The van der Waals surface area contributed by atoms with Crippen LogP contribution in [0.15, 0.2) is 59.4 Å². The number of rotatable bonds is 2. The molecule has 0 spiro atoms. The number of fused-ring (bicyclic) bond motifs is 1. The number of carbonyl (C=O) groups is 1. The quantitative estimate of drug-likeness (QED) is 0.736. The van der Waals surface area contributed by atoms with Crippen LogP contribution in [0.4, 0.5) is 10.5 Å². The van der Waals surface area contributed by atoms with Gasteiger partial charge in [0.15, 0.2) is 0 Å². The number of aryl methyl sites for hydroxylation is 1. The van der Waals surface area contributed by atoms with Crippen LogP contribution in [0.3, 0.4) is 0 Å². The molecule has 4 rings (SSSR count). The molecule has 0 saturated heterocycles. The second kappa shape index (κ2) is 7.07. The average molecular weight is 360 g/mol. The summed E-state index contributed by atoms with van der Waals surface area (Å²) < 4.78 is 0. The Morgan fingerprint density at radius 2 is 1.96 bits per heavy atom. The predicted molar refractivity (Wildman–Crippen MR) is 105 cm³/mol. The van der Waals surface area contributed by atoms with Crippen molar-refractivity contribution >= 4 is 11.7 Å². The second-order valence-corrected chi connectivity index (χ2v) is 6.68. The average Bonchev–Trinajstić information content (AvgIpc) is 2.68. The van der Waals surface area contributed by atoms with Crippen LogP contribution in [0.25, 0.3) is 11.4 Å². The second-order valence-electron chi connectivity index (χ2n) is 6.68. The van der Waals surface area contributed by atoms with Gasteiger partial charge in [-0.25, -0.2) is 9.78 Å². The lowest BCUT2D eigenvalue weighted by molar-refractivity contribution is 0.205. The normalized spacial score (nSPS) is 13.1. The summed E-state index contributed by atoms with van der Waals surface area (Å²) in [6.07, 6.45) is 0.556. The summed E-state index contributed by atoms with van der Waals surface area (Å²) in [5, 5.41) is 2.89. The highest BCUT2D eigenvalue weighted by Gasteiger charge is 2.24. The molecule has 0 saturated carbocycles. The first kappa shape index (κ1) is 17.0. The molecule has 2 amide bonds. The lowest BCUT2D eigenvalue weighted by Crippen LogP contribution is -2.41. The zero-order chi connectivity index (χ0) is 18.8. The van der Waals surface area contributed by atoms with E-state index in [4.69, 9.17) is 0 Å². The van der Waals surface area contributed by atoms with Gasteiger partial charge < -0.3 is 15.2 Å². The molecule has 0 unspecified atom stereocenters. The first-order chi connectivity index (χ1) is 13.1. The number of amides is 2. The number of nitrogens with zero attached hydrogens (tertiary/aromatic N) is 2. The van der Waals surface area contributed by atoms with Crippen molar-refractivity contribution in [2.45, 2.75) is 19.9 Å². The fraction of sp³-hybridized carbons (Fsp3) is 0.190. The largest absolute Gasteiger partial charge is 0.322 e. The summed E-state index contributed by atoms with van der Waals surface area (Å²) >= 11 is 0. The Hall–Kier alpha value is -3.41. The van der Waals surface area contributed by atoms with Crippen LogP contribution in [0.1, 0.15) is 16.8 Å². The number of H-pyrrole nitrogens is 1. The van der Waals surface area contributed by atoms with Crippen molar-refractivity contribution in [3.05, 3.63) is 81.8 Å². The van der Waals surface area contributed by atoms with Crippen LogP contribution in [-0.2, 0) is 13.0 Å². The predicted octanol–water partition coefficient (Wildman–Crippen LogP) is 3.34. The van der Waals surface area contributed by atoms with E-state index in [0.717, 1.165) is 22.5 Å². The molecule has 0 fully saturated rings. The van der Waals surface area contributed by atoms with E-state index in [2.05, 4.69) is 15.3 Å². The Kier molecular flexibility index (Phi) is 4.46. The van der Waals surface area contributed by atoms with Gasteiger partial charge in [0.25, 0.3) is 5.56 Å². The first-order valence-corrected chi connectivity index (χ1v) is 8.90. The minimum Gasteiger partial charge on any atom is -0.320 e. The third-order valence-corrected chi connectivity index (χ3v) is 4.67. The number of carbonyl (C=O) groups excluding carboxylic acids is 1. The third kappa shape index (κ3) is 3.60. The number of nitrogens with one attached hydrogen (secondary N) is 2. The molecule has 6 nitrogen and oxygen atoms in total. The summed E-state index contributed by atoms with van der Waals surface area (Å²) in [6.45, 7) is 2.75. The molecule has 136 valence electrons. The van der Waals surface area contributed by atoms with Gasteiger partial charge in [-0.1, -0.05) is 42.5 Å². The molecular formula is C21H20N4O2. The van der Waals surface area contributed by atoms with E-state index in [1.54, 1.807) is 4.90 Å². The van der Waals surface area contributed by atoms with Gasteiger partial charge in [0.05, 0.1) is 17.8 Å². The number of anilines is 1. The molecule has 0 bridgehead atoms. The van der Waals surface area contributed by atoms with E-state index in [1.165, 1.54) is 0 Å². The molecule has 1 aromatic heterocycles. The van der Waals surface area contributed by atoms with E-state index >= 15 is 0 Å². The molecule has 2 heterocycles. The standard InChI is InChI=1S/C21H20N4O2/c1-14-6-5-9-16(12-14)22-21(27)25-11-10-18-17(13-25)20(26)24-19(23-18)15-7-3-2-4-8-15/h2-9,12H,10-11,13H2,1H3,(H,22,27)(H,23,24,26). The fourth-order valence-corrected chi connectivity index (χ4v) is 3.26. The van der Waals surface area contributed by atoms with Gasteiger partial charge in [0.1, 0.15) is 5.82 Å². The van der Waals surface area contributed by atoms with Crippen LogP contribution in [0.2, 0.25) is 0 Å². The topological polar surface area (TPSA) is 78.1 Å².